The molecular formula is C24H28ClN5O3. The molecule has 33 heavy (non-hydrogen) atoms. The van der Waals surface area contributed by atoms with Crippen molar-refractivity contribution in [2.24, 2.45) is 0 Å². The van der Waals surface area contributed by atoms with Gasteiger partial charge in [-0.05, 0) is 44.8 Å². The number of hydrogen-bond donors (Lipinski definition) is 3. The average molecular weight is 470 g/mol. The van der Waals surface area contributed by atoms with E-state index in [2.05, 4.69) is 20.6 Å². The van der Waals surface area contributed by atoms with Crippen LogP contribution in [0.25, 0.3) is 10.9 Å². The lowest BCUT2D eigenvalue weighted by Gasteiger charge is -2.19. The van der Waals surface area contributed by atoms with Gasteiger partial charge < -0.3 is 25.4 Å². The number of carbonyl (C=O) groups excluding carboxylic acids is 1. The normalized spacial score (nSPS) is 12.3. The topological polar surface area (TPSA) is 99.6 Å². The van der Waals surface area contributed by atoms with Crippen LogP contribution in [0.15, 0.2) is 54.9 Å². The van der Waals surface area contributed by atoms with Gasteiger partial charge in [0.2, 0.25) is 5.91 Å². The predicted octanol–water partition coefficient (Wildman–Crippen LogP) is 3.88. The van der Waals surface area contributed by atoms with Crippen molar-refractivity contribution in [3.05, 3.63) is 65.5 Å². The molecule has 3 N–H and O–H groups in total. The summed E-state index contributed by atoms with van der Waals surface area (Å²) in [6.45, 7) is 2.81. The van der Waals surface area contributed by atoms with Crippen LogP contribution in [0, 0.1) is 0 Å². The molecule has 1 amide bonds. The summed E-state index contributed by atoms with van der Waals surface area (Å²) in [4.78, 5) is 23.1. The number of ether oxygens (including phenoxy) is 1. The number of halogens is 1. The van der Waals surface area contributed by atoms with Gasteiger partial charge in [-0.25, -0.2) is 9.97 Å². The van der Waals surface area contributed by atoms with Crippen LogP contribution in [0.1, 0.15) is 18.5 Å². The van der Waals surface area contributed by atoms with Crippen molar-refractivity contribution in [3.8, 4) is 5.75 Å². The molecule has 1 heterocycles. The highest BCUT2D eigenvalue weighted by Crippen LogP contribution is 2.33. The summed E-state index contributed by atoms with van der Waals surface area (Å²) in [6, 6.07) is 10.4. The highest BCUT2D eigenvalue weighted by Gasteiger charge is 2.16. The number of fused-ring (bicyclic) bond motifs is 1. The Balaban J connectivity index is 1.94. The van der Waals surface area contributed by atoms with Gasteiger partial charge in [-0.15, -0.1) is 0 Å². The molecule has 0 bridgehead atoms. The molecule has 0 spiro atoms. The fraction of sp³-hybridized carbons (Fsp3) is 0.292. The third kappa shape index (κ3) is 6.64. The van der Waals surface area contributed by atoms with Gasteiger partial charge in [-0.2, -0.15) is 0 Å². The second-order valence-electron chi connectivity index (χ2n) is 7.61. The van der Waals surface area contributed by atoms with Crippen LogP contribution in [-0.2, 0) is 4.79 Å². The molecule has 1 aromatic heterocycles. The fourth-order valence-corrected chi connectivity index (χ4v) is 3.34. The van der Waals surface area contributed by atoms with Crippen molar-refractivity contribution in [3.63, 3.8) is 0 Å². The number of nitrogens with one attached hydrogen (secondary N) is 2. The molecule has 0 unspecified atom stereocenters. The summed E-state index contributed by atoms with van der Waals surface area (Å²) in [5.74, 6) is 0.772. The van der Waals surface area contributed by atoms with Crippen molar-refractivity contribution >= 4 is 39.9 Å². The van der Waals surface area contributed by atoms with E-state index in [9.17, 15) is 9.90 Å². The number of anilines is 2. The van der Waals surface area contributed by atoms with E-state index >= 15 is 0 Å². The molecular weight excluding hydrogens is 442 g/mol. The first kappa shape index (κ1) is 24.4. The molecule has 0 fully saturated rings. The molecule has 0 aliphatic rings. The van der Waals surface area contributed by atoms with Gasteiger partial charge in [0, 0.05) is 29.1 Å². The summed E-state index contributed by atoms with van der Waals surface area (Å²) in [7, 11) is 3.86. The van der Waals surface area contributed by atoms with Crippen LogP contribution in [0.5, 0.6) is 5.75 Å². The molecule has 8 nitrogen and oxygen atoms in total. The van der Waals surface area contributed by atoms with Gasteiger partial charge in [0.1, 0.15) is 17.9 Å². The lowest BCUT2D eigenvalue weighted by atomic mass is 10.1. The molecule has 174 valence electrons. The number of aromatic nitrogens is 2. The van der Waals surface area contributed by atoms with Crippen LogP contribution in [-0.4, -0.2) is 59.7 Å². The number of aliphatic hydroxyl groups is 1. The maximum absolute atomic E-state index is 12.4. The fourth-order valence-electron chi connectivity index (χ4n) is 3.21. The van der Waals surface area contributed by atoms with Crippen molar-refractivity contribution in [1.29, 1.82) is 0 Å². The van der Waals surface area contributed by atoms with E-state index in [0.717, 1.165) is 5.56 Å². The molecule has 0 aliphatic carbocycles. The van der Waals surface area contributed by atoms with Gasteiger partial charge in [0.25, 0.3) is 0 Å². The molecule has 2 aromatic carbocycles. The first-order valence-corrected chi connectivity index (χ1v) is 11.0. The number of carbonyl (C=O) groups is 1. The van der Waals surface area contributed by atoms with Crippen molar-refractivity contribution < 1.29 is 14.6 Å². The molecule has 0 radical (unpaired) electrons. The third-order valence-corrected chi connectivity index (χ3v) is 5.05. The van der Waals surface area contributed by atoms with Crippen LogP contribution in [0.3, 0.4) is 0 Å². The standard InChI is InChI=1S/C24H28ClN5O3/c1-4-33-22-13-19-18(12-20(22)28-23(32)6-5-11-30(2)3)24(27-15-26-19)29-21(14-31)16-7-9-17(25)10-8-16/h5-10,12-13,15,21,31H,4,11,14H2,1-3H3,(H,28,32)(H,26,27,29)/t21-/m1/s1. The highest BCUT2D eigenvalue weighted by atomic mass is 35.5. The Morgan fingerprint density at radius 2 is 2.00 bits per heavy atom. The quantitative estimate of drug-likeness (QED) is 0.387. The maximum Gasteiger partial charge on any atom is 0.248 e. The SMILES string of the molecule is CCOc1cc2ncnc(N[C@H](CO)c3ccc(Cl)cc3)c2cc1NC(=O)C=CCN(C)C. The first-order valence-electron chi connectivity index (χ1n) is 10.6. The largest absolute Gasteiger partial charge is 0.492 e. The minimum absolute atomic E-state index is 0.148. The highest BCUT2D eigenvalue weighted by molar-refractivity contribution is 6.30. The zero-order valence-corrected chi connectivity index (χ0v) is 19.6. The Labute approximate surface area is 198 Å². The number of nitrogens with zero attached hydrogens (tertiary/aromatic N) is 3. The summed E-state index contributed by atoms with van der Waals surface area (Å²) in [6.07, 6.45) is 4.71. The van der Waals surface area contributed by atoms with Crippen molar-refractivity contribution in [2.75, 3.05) is 44.5 Å². The van der Waals surface area contributed by atoms with E-state index in [4.69, 9.17) is 16.3 Å². The van der Waals surface area contributed by atoms with Crippen LogP contribution < -0.4 is 15.4 Å². The zero-order chi connectivity index (χ0) is 23.8. The second-order valence-corrected chi connectivity index (χ2v) is 8.04. The van der Waals surface area contributed by atoms with Crippen molar-refractivity contribution in [2.45, 2.75) is 13.0 Å². The summed E-state index contributed by atoms with van der Waals surface area (Å²) < 4.78 is 5.73. The summed E-state index contributed by atoms with van der Waals surface area (Å²) >= 11 is 5.99. The molecule has 0 saturated heterocycles. The minimum atomic E-state index is -0.404. The Hall–Kier alpha value is -3.20. The second kappa shape index (κ2) is 11.6. The number of hydrogen-bond acceptors (Lipinski definition) is 7. The number of likely N-dealkylation sites (N-methyl/N-ethyl adjacent to an activating group) is 1. The van der Waals surface area contributed by atoms with Crippen molar-refractivity contribution in [1.82, 2.24) is 14.9 Å². The Morgan fingerprint density at radius 3 is 2.67 bits per heavy atom. The molecule has 9 heteroatoms. The molecule has 3 rings (SSSR count). The summed E-state index contributed by atoms with van der Waals surface area (Å²) in [5.41, 5.74) is 2.01. The van der Waals surface area contributed by atoms with Gasteiger partial charge in [0.15, 0.2) is 0 Å². The van der Waals surface area contributed by atoms with E-state index in [1.807, 2.05) is 38.1 Å². The van der Waals surface area contributed by atoms with Crippen LogP contribution >= 0.6 is 11.6 Å². The molecule has 1 atom stereocenters. The first-order chi connectivity index (χ1) is 15.9. The van der Waals surface area contributed by atoms with E-state index in [-0.39, 0.29) is 12.5 Å². The summed E-state index contributed by atoms with van der Waals surface area (Å²) in [5, 5.41) is 17.4. The Kier molecular flexibility index (Phi) is 8.59. The van der Waals surface area contributed by atoms with E-state index in [1.165, 1.54) is 12.4 Å². The molecule has 0 aliphatic heterocycles. The lowest BCUT2D eigenvalue weighted by molar-refractivity contribution is -0.111. The Morgan fingerprint density at radius 1 is 1.24 bits per heavy atom. The minimum Gasteiger partial charge on any atom is -0.492 e. The monoisotopic (exact) mass is 469 g/mol. The van der Waals surface area contributed by atoms with E-state index in [1.54, 1.807) is 30.3 Å². The number of amides is 1. The van der Waals surface area contributed by atoms with Crippen LogP contribution in [0.2, 0.25) is 5.02 Å². The maximum atomic E-state index is 12.4. The van der Waals surface area contributed by atoms with E-state index < -0.39 is 6.04 Å². The number of aliphatic hydroxyl groups excluding tert-OH is 1. The van der Waals surface area contributed by atoms with Gasteiger partial charge in [-0.1, -0.05) is 29.8 Å². The predicted molar refractivity (Wildman–Crippen MR) is 132 cm³/mol. The third-order valence-electron chi connectivity index (χ3n) is 4.80. The smallest absolute Gasteiger partial charge is 0.248 e. The Bertz CT molecular complexity index is 1120. The van der Waals surface area contributed by atoms with Gasteiger partial charge >= 0.3 is 0 Å². The number of rotatable bonds is 10. The lowest BCUT2D eigenvalue weighted by Crippen LogP contribution is -2.16. The molecule has 0 saturated carbocycles. The van der Waals surface area contributed by atoms with Crippen LogP contribution in [0.4, 0.5) is 11.5 Å². The van der Waals surface area contributed by atoms with Gasteiger partial charge in [0.05, 0.1) is 30.5 Å². The molecule has 3 aromatic rings. The zero-order valence-electron chi connectivity index (χ0n) is 18.9. The number of benzene rings is 2. The van der Waals surface area contributed by atoms with E-state index in [0.29, 0.717) is 46.3 Å². The van der Waals surface area contributed by atoms with Gasteiger partial charge in [-0.3, -0.25) is 4.79 Å². The average Bonchev–Trinajstić information content (AvgIpc) is 2.78.